The number of H-pyrrole nitrogens is 2. The van der Waals surface area contributed by atoms with Crippen LogP contribution in [0.3, 0.4) is 0 Å². The SMILES string of the molecule is COC(=O)N[C@H](C(=O)N1CCC[C@H]1c1ncc(-c2ccc(-c3ccc(-c4cnc([C@@H]5CCCN5C(=O)[C@@H](NC(=O)OC)C(C)C)[nH]4)c4c3C3CC5(C)CC4N35)cc2)[nH]1)C(C)C. The maximum Gasteiger partial charge on any atom is 0.407 e. The number of hydrogen-bond donors (Lipinski definition) is 4. The molecular weight excluding hydrogens is 775 g/mol. The number of piperidine rings is 1. The Morgan fingerprint density at radius 1 is 0.672 bits per heavy atom. The number of carbonyl (C=O) groups is 4. The molecule has 7 heterocycles. The predicted octanol–water partition coefficient (Wildman–Crippen LogP) is 7.19. The molecule has 4 fully saturated rings. The molecule has 4 amide bonds. The van der Waals surface area contributed by atoms with Crippen molar-refractivity contribution in [3.63, 3.8) is 0 Å². The largest absolute Gasteiger partial charge is 0.453 e. The lowest BCUT2D eigenvalue weighted by molar-refractivity contribution is -0.177. The van der Waals surface area contributed by atoms with Crippen LogP contribution in [0.4, 0.5) is 9.59 Å². The summed E-state index contributed by atoms with van der Waals surface area (Å²) < 4.78 is 9.61. The molecule has 0 bridgehead atoms. The van der Waals surface area contributed by atoms with Crippen LogP contribution in [0.2, 0.25) is 0 Å². The molecule has 2 aromatic carbocycles. The van der Waals surface area contributed by atoms with Gasteiger partial charge in [-0.15, -0.1) is 0 Å². The van der Waals surface area contributed by atoms with Crippen LogP contribution >= 0.6 is 0 Å². The van der Waals surface area contributed by atoms with Gasteiger partial charge in [0.25, 0.3) is 0 Å². The van der Waals surface area contributed by atoms with Crippen molar-refractivity contribution < 1.29 is 28.7 Å². The number of nitrogens with zero attached hydrogens (tertiary/aromatic N) is 5. The zero-order chi connectivity index (χ0) is 42.9. The Morgan fingerprint density at radius 2 is 1.13 bits per heavy atom. The van der Waals surface area contributed by atoms with E-state index in [0.29, 0.717) is 25.2 Å². The Kier molecular flexibility index (Phi) is 10.4. The Labute approximate surface area is 356 Å². The molecule has 2 aromatic heterocycles. The summed E-state index contributed by atoms with van der Waals surface area (Å²) in [4.78, 5) is 74.8. The van der Waals surface area contributed by atoms with Gasteiger partial charge in [-0.3, -0.25) is 14.5 Å². The van der Waals surface area contributed by atoms with Gasteiger partial charge in [0.1, 0.15) is 23.7 Å². The van der Waals surface area contributed by atoms with Crippen LogP contribution < -0.4 is 10.6 Å². The number of benzene rings is 2. The number of aromatic nitrogens is 4. The zero-order valence-electron chi connectivity index (χ0n) is 36.1. The summed E-state index contributed by atoms with van der Waals surface area (Å²) in [6.45, 7) is 11.2. The van der Waals surface area contributed by atoms with Crippen LogP contribution in [0.25, 0.3) is 33.6 Å². The zero-order valence-corrected chi connectivity index (χ0v) is 36.1. The molecule has 4 aromatic rings. The van der Waals surface area contributed by atoms with E-state index in [4.69, 9.17) is 19.4 Å². The second-order valence-electron chi connectivity index (χ2n) is 18.4. The molecule has 61 heavy (non-hydrogen) atoms. The summed E-state index contributed by atoms with van der Waals surface area (Å²) in [5.74, 6) is 1.03. The van der Waals surface area contributed by atoms with Crippen LogP contribution in [-0.4, -0.2) is 104 Å². The monoisotopic (exact) mass is 831 g/mol. The van der Waals surface area contributed by atoms with E-state index in [9.17, 15) is 19.2 Å². The van der Waals surface area contributed by atoms with Crippen molar-refractivity contribution in [3.05, 3.63) is 71.6 Å². The molecule has 4 saturated heterocycles. The molecule has 15 heteroatoms. The minimum atomic E-state index is -0.691. The van der Waals surface area contributed by atoms with Crippen LogP contribution in [0.5, 0.6) is 0 Å². The second kappa shape index (κ2) is 15.6. The average Bonchev–Trinajstić information content (AvgIpc) is 4.10. The molecule has 0 spiro atoms. The molecule has 7 atom stereocenters. The van der Waals surface area contributed by atoms with E-state index in [2.05, 4.69) is 68.8 Å². The van der Waals surface area contributed by atoms with Crippen molar-refractivity contribution in [3.8, 4) is 33.6 Å². The maximum absolute atomic E-state index is 13.8. The highest BCUT2D eigenvalue weighted by atomic mass is 16.5. The highest BCUT2D eigenvalue weighted by Gasteiger charge is 2.66. The third kappa shape index (κ3) is 6.85. The summed E-state index contributed by atoms with van der Waals surface area (Å²) in [5, 5.41) is 5.46. The fourth-order valence-corrected chi connectivity index (χ4v) is 10.9. The number of nitrogens with one attached hydrogen (secondary N) is 4. The standard InChI is InChI=1S/C46H57N9O6/c1-24(2)38(51-44(58)60-6)42(56)53-18-8-10-32(53)40-47-22-30(49-40)27-14-12-26(13-15-27)28-16-17-29(37-35-21-46(5)20-34(36(28)37)55(35)46)31-23-48-41(50-31)33-11-9-19-54(33)43(57)39(25(3)4)52-45(59)61-7/h12-17,22-25,32-35,38-39H,8-11,18-21H2,1-7H3,(H,47,49)(H,48,50)(H,51,58)(H,52,59)/t32-,33-,34?,35?,38-,39-,46?/m0/s1. The van der Waals surface area contributed by atoms with Gasteiger partial charge in [0, 0.05) is 36.3 Å². The van der Waals surface area contributed by atoms with Gasteiger partial charge in [-0.05, 0) is 85.1 Å². The Hall–Kier alpha value is -5.70. The van der Waals surface area contributed by atoms with E-state index >= 15 is 0 Å². The third-order valence-corrected chi connectivity index (χ3v) is 14.0. The molecule has 15 nitrogen and oxygen atoms in total. The topological polar surface area (TPSA) is 178 Å². The first-order valence-electron chi connectivity index (χ1n) is 21.8. The van der Waals surface area contributed by atoms with Crippen molar-refractivity contribution in [1.82, 2.24) is 45.3 Å². The van der Waals surface area contributed by atoms with E-state index in [-0.39, 0.29) is 41.3 Å². The number of rotatable bonds is 11. The van der Waals surface area contributed by atoms with Crippen LogP contribution in [0.1, 0.15) is 120 Å². The number of likely N-dealkylation sites (tertiary alicyclic amines) is 2. The molecule has 4 N–H and O–H groups in total. The average molecular weight is 832 g/mol. The molecule has 5 aliphatic rings. The van der Waals surface area contributed by atoms with Crippen LogP contribution in [-0.2, 0) is 19.1 Å². The first-order chi connectivity index (χ1) is 29.3. The lowest BCUT2D eigenvalue weighted by Crippen LogP contribution is -2.66. The first kappa shape index (κ1) is 40.7. The van der Waals surface area contributed by atoms with E-state index in [1.807, 2.05) is 49.9 Å². The Balaban J connectivity index is 0.963. The Bertz CT molecular complexity index is 2350. The number of amides is 4. The minimum Gasteiger partial charge on any atom is -0.453 e. The molecule has 0 saturated carbocycles. The van der Waals surface area contributed by atoms with Crippen LogP contribution in [0.15, 0.2) is 48.8 Å². The smallest absolute Gasteiger partial charge is 0.407 e. The van der Waals surface area contributed by atoms with E-state index in [1.165, 1.54) is 30.9 Å². The minimum absolute atomic E-state index is 0.107. The van der Waals surface area contributed by atoms with E-state index in [0.717, 1.165) is 78.3 Å². The van der Waals surface area contributed by atoms with Gasteiger partial charge in [0.2, 0.25) is 11.8 Å². The lowest BCUT2D eigenvalue weighted by atomic mass is 9.68. The number of carbonyl (C=O) groups excluding carboxylic acids is 4. The molecule has 0 aliphatic carbocycles. The van der Waals surface area contributed by atoms with Gasteiger partial charge in [-0.1, -0.05) is 64.1 Å². The van der Waals surface area contributed by atoms with Gasteiger partial charge in [0.05, 0.1) is 50.1 Å². The molecule has 3 unspecified atom stereocenters. The molecular formula is C46H57N9O6. The predicted molar refractivity (Wildman–Crippen MR) is 228 cm³/mol. The highest BCUT2D eigenvalue weighted by molar-refractivity contribution is 5.87. The van der Waals surface area contributed by atoms with E-state index in [1.54, 1.807) is 0 Å². The number of imidazole rings is 2. The van der Waals surface area contributed by atoms with Crippen molar-refractivity contribution in [2.24, 2.45) is 11.8 Å². The normalized spacial score (nSPS) is 24.8. The van der Waals surface area contributed by atoms with Gasteiger partial charge >= 0.3 is 12.2 Å². The maximum atomic E-state index is 13.8. The number of ether oxygens (including phenoxy) is 2. The van der Waals surface area contributed by atoms with Crippen LogP contribution in [0, 0.1) is 11.8 Å². The molecule has 5 aliphatic heterocycles. The Morgan fingerprint density at radius 3 is 1.62 bits per heavy atom. The summed E-state index contributed by atoms with van der Waals surface area (Å²) in [7, 11) is 2.60. The van der Waals surface area contributed by atoms with Gasteiger partial charge in [-0.25, -0.2) is 19.6 Å². The summed E-state index contributed by atoms with van der Waals surface area (Å²) >= 11 is 0. The number of methoxy groups -OCH3 is 2. The van der Waals surface area contributed by atoms with Crippen molar-refractivity contribution in [1.29, 1.82) is 0 Å². The second-order valence-corrected chi connectivity index (χ2v) is 18.4. The highest BCUT2D eigenvalue weighted by Crippen LogP contribution is 2.71. The van der Waals surface area contributed by atoms with E-state index < -0.39 is 24.3 Å². The van der Waals surface area contributed by atoms with Gasteiger partial charge < -0.3 is 39.9 Å². The number of hydrogen-bond acceptors (Lipinski definition) is 9. The first-order valence-corrected chi connectivity index (χ1v) is 21.8. The summed E-state index contributed by atoms with van der Waals surface area (Å²) in [6, 6.07) is 12.0. The summed E-state index contributed by atoms with van der Waals surface area (Å²) in [6.07, 6.45) is 8.05. The fourth-order valence-electron chi connectivity index (χ4n) is 10.9. The fraction of sp³-hybridized carbons (Fsp3) is 0.522. The van der Waals surface area contributed by atoms with Gasteiger partial charge in [-0.2, -0.15) is 0 Å². The number of fused-ring (bicyclic) bond motifs is 3. The van der Waals surface area contributed by atoms with Crippen molar-refractivity contribution in [2.75, 3.05) is 27.3 Å². The van der Waals surface area contributed by atoms with Crippen molar-refractivity contribution in [2.45, 2.75) is 115 Å². The van der Waals surface area contributed by atoms with Crippen molar-refractivity contribution >= 4 is 24.0 Å². The quantitative estimate of drug-likeness (QED) is 0.122. The third-order valence-electron chi connectivity index (χ3n) is 14.0. The number of alkyl carbamates (subject to hydrolysis) is 2. The lowest BCUT2D eigenvalue weighted by Gasteiger charge is -2.65. The molecule has 0 radical (unpaired) electrons. The summed E-state index contributed by atoms with van der Waals surface area (Å²) in [5.41, 5.74) is 9.37. The van der Waals surface area contributed by atoms with Gasteiger partial charge in [0.15, 0.2) is 0 Å². The molecule has 322 valence electrons. The molecule has 9 rings (SSSR count). The number of aromatic amines is 2.